The lowest BCUT2D eigenvalue weighted by molar-refractivity contribution is -0.116. The smallest absolute Gasteiger partial charge is 0.329 e. The number of pyridine rings is 3. The number of nitrogens with zero attached hydrogens (tertiary/aromatic N) is 6. The van der Waals surface area contributed by atoms with Crippen LogP contribution in [0.3, 0.4) is 0 Å². The third kappa shape index (κ3) is 14.1. The molecule has 8 N–H and O–H groups in total. The molecule has 0 atom stereocenters. The molecule has 20 nitrogen and oxygen atoms in total. The molecule has 0 aliphatic heterocycles. The van der Waals surface area contributed by atoms with Gasteiger partial charge in [0, 0.05) is 55.9 Å². The monoisotopic (exact) mass is 1170 g/mol. The molecule has 1 amide bonds. The summed E-state index contributed by atoms with van der Waals surface area (Å²) in [6.45, 7) is 6.24. The van der Waals surface area contributed by atoms with Crippen molar-refractivity contribution in [2.75, 3.05) is 46.1 Å². The first-order valence-corrected chi connectivity index (χ1v) is 26.5. The Hall–Kier alpha value is -7.28. The Morgan fingerprint density at radius 1 is 0.654 bits per heavy atom. The van der Waals surface area contributed by atoms with Crippen molar-refractivity contribution in [3.8, 4) is 23.0 Å². The number of sulfonamides is 2. The van der Waals surface area contributed by atoms with Gasteiger partial charge in [-0.1, -0.05) is 54.9 Å². The van der Waals surface area contributed by atoms with Crippen LogP contribution >= 0.6 is 35.6 Å². The van der Waals surface area contributed by atoms with Gasteiger partial charge in [-0.25, -0.2) is 31.9 Å². The lowest BCUT2D eigenvalue weighted by Gasteiger charge is -2.18. The molecule has 0 unspecified atom stereocenters. The molecule has 0 spiro atoms. The largest absolute Gasteiger partial charge is 0.493 e. The minimum absolute atomic E-state index is 0. The zero-order valence-corrected chi connectivity index (χ0v) is 47.2. The molecule has 0 bridgehead atoms. The first-order chi connectivity index (χ1) is 35.9. The number of hydrogen-bond donors (Lipinski definition) is 4. The number of rotatable bonds is 10. The van der Waals surface area contributed by atoms with Gasteiger partial charge in [-0.15, -0.1) is 12.4 Å². The van der Waals surface area contributed by atoms with E-state index in [1.807, 2.05) is 19.9 Å². The summed E-state index contributed by atoms with van der Waals surface area (Å²) in [5.74, 6) is 2.24. The standard InChI is InChI=1S/C20H20N4O3S.C14H15ClN2O3.C11H11ClN2O2.C7H10N2O2S.CH4.ClH/c1-12-8-16-17(9-13(12)2)22-10-18-19(16)24(20(25)23(18)3)11-14-4-6-15(7-5-14)28(21,26)27;1-8(18)17(2)11-7-16-10-6-13(20-4)12(19-3)5-9(10)14(11)15;1-15-9-3-6-8(4-10(9)16-2)14-5-7(13)11(6)12;8-5-6-1-3-7(4-2-6)12(9,10)11;;/h4-10H,11H2,1-3H3,(H2,21,26,27);5-7H,1-4H3;3-5H,13H2,1-2H3;1-4H,5,8H2,(H2,9,10,11);1H4;1H. The van der Waals surface area contributed by atoms with E-state index >= 15 is 0 Å². The first-order valence-electron chi connectivity index (χ1n) is 22.7. The van der Waals surface area contributed by atoms with Crippen molar-refractivity contribution in [3.05, 3.63) is 146 Å². The van der Waals surface area contributed by atoms with E-state index in [1.54, 1.807) is 113 Å². The molecule has 0 radical (unpaired) electrons. The Morgan fingerprint density at radius 3 is 1.54 bits per heavy atom. The Kier molecular flexibility index (Phi) is 21.4. The zero-order valence-electron chi connectivity index (χ0n) is 43.3. The highest BCUT2D eigenvalue weighted by molar-refractivity contribution is 7.89. The molecule has 0 saturated heterocycles. The van der Waals surface area contributed by atoms with Gasteiger partial charge in [0.2, 0.25) is 26.0 Å². The fourth-order valence-electron chi connectivity index (χ4n) is 7.65. The quantitative estimate of drug-likeness (QED) is 0.0999. The number of anilines is 2. The van der Waals surface area contributed by atoms with Crippen LogP contribution in [0, 0.1) is 13.8 Å². The fraction of sp³-hybridized carbons (Fsp3) is 0.226. The lowest BCUT2D eigenvalue weighted by atomic mass is 10.1. The summed E-state index contributed by atoms with van der Waals surface area (Å²) < 4.78 is 68.6. The molecule has 78 heavy (non-hydrogen) atoms. The van der Waals surface area contributed by atoms with E-state index in [2.05, 4.69) is 21.0 Å². The Labute approximate surface area is 468 Å². The minimum atomic E-state index is -3.75. The maximum absolute atomic E-state index is 12.9. The predicted octanol–water partition coefficient (Wildman–Crippen LogP) is 8.43. The second-order valence-corrected chi connectivity index (χ2v) is 20.8. The number of nitrogens with two attached hydrogens (primary N) is 4. The molecule has 4 aromatic heterocycles. The van der Waals surface area contributed by atoms with Crippen LogP contribution in [0.2, 0.25) is 10.0 Å². The average molecular weight is 1170 g/mol. The van der Waals surface area contributed by atoms with Gasteiger partial charge in [-0.2, -0.15) is 0 Å². The number of aromatic nitrogens is 5. The third-order valence-corrected chi connectivity index (χ3v) is 14.8. The van der Waals surface area contributed by atoms with Gasteiger partial charge in [0.25, 0.3) is 0 Å². The summed E-state index contributed by atoms with van der Waals surface area (Å²) in [7, 11) is 2.30. The molecule has 0 saturated carbocycles. The number of methoxy groups -OCH3 is 4. The number of aryl methyl sites for hydroxylation is 3. The molecule has 0 aliphatic rings. The normalized spacial score (nSPS) is 10.9. The Balaban J connectivity index is 0.000000233. The van der Waals surface area contributed by atoms with Crippen molar-refractivity contribution in [1.82, 2.24) is 24.1 Å². The van der Waals surface area contributed by atoms with Gasteiger partial charge in [-0.05, 0) is 84.6 Å². The number of hydrogen-bond acceptors (Lipinski definition) is 15. The molecule has 9 aromatic rings. The van der Waals surface area contributed by atoms with E-state index in [1.165, 1.54) is 42.3 Å². The average Bonchev–Trinajstić information content (AvgIpc) is 3.65. The molecule has 25 heteroatoms. The summed E-state index contributed by atoms with van der Waals surface area (Å²) in [6, 6.07) is 23.5. The van der Waals surface area contributed by atoms with Crippen LogP contribution in [0.15, 0.2) is 118 Å². The van der Waals surface area contributed by atoms with E-state index in [-0.39, 0.29) is 41.2 Å². The third-order valence-electron chi connectivity index (χ3n) is 12.1. The molecular formula is C53H61Cl3N10O10S2. The van der Waals surface area contributed by atoms with Crippen LogP contribution in [-0.2, 0) is 45.0 Å². The highest BCUT2D eigenvalue weighted by atomic mass is 35.5. The van der Waals surface area contributed by atoms with Crippen LogP contribution in [-0.4, -0.2) is 82.3 Å². The zero-order chi connectivity index (χ0) is 56.0. The Morgan fingerprint density at radius 2 is 1.08 bits per heavy atom. The summed E-state index contributed by atoms with van der Waals surface area (Å²) in [6.07, 6.45) is 4.81. The van der Waals surface area contributed by atoms with Crippen LogP contribution in [0.1, 0.15) is 36.6 Å². The van der Waals surface area contributed by atoms with Gasteiger partial charge in [0.15, 0.2) is 23.0 Å². The predicted molar refractivity (Wildman–Crippen MR) is 312 cm³/mol. The van der Waals surface area contributed by atoms with Crippen molar-refractivity contribution in [2.45, 2.75) is 51.1 Å². The maximum atomic E-state index is 12.9. The lowest BCUT2D eigenvalue weighted by Crippen LogP contribution is -2.23. The molecule has 416 valence electrons. The van der Waals surface area contributed by atoms with Crippen molar-refractivity contribution < 1.29 is 40.6 Å². The number of ether oxygens (including phenoxy) is 4. The second kappa shape index (κ2) is 26.4. The minimum Gasteiger partial charge on any atom is -0.493 e. The number of imidazole rings is 1. The molecule has 5 aromatic carbocycles. The van der Waals surface area contributed by atoms with Gasteiger partial charge in [0.05, 0.1) is 112 Å². The van der Waals surface area contributed by atoms with E-state index < -0.39 is 20.0 Å². The van der Waals surface area contributed by atoms with Gasteiger partial charge in [0.1, 0.15) is 0 Å². The van der Waals surface area contributed by atoms with Crippen molar-refractivity contribution in [3.63, 3.8) is 0 Å². The fourth-order valence-corrected chi connectivity index (χ4v) is 9.20. The maximum Gasteiger partial charge on any atom is 0.329 e. The summed E-state index contributed by atoms with van der Waals surface area (Å²) in [5, 5.41) is 13.3. The van der Waals surface area contributed by atoms with Gasteiger partial charge >= 0.3 is 5.69 Å². The Bertz CT molecular complexity index is 3940. The van der Waals surface area contributed by atoms with E-state index in [0.717, 1.165) is 55.1 Å². The highest BCUT2D eigenvalue weighted by Gasteiger charge is 2.19. The molecular weight excluding hydrogens is 1110 g/mol. The van der Waals surface area contributed by atoms with Crippen LogP contribution in [0.5, 0.6) is 23.0 Å². The van der Waals surface area contributed by atoms with Crippen molar-refractivity contribution >= 4 is 117 Å². The van der Waals surface area contributed by atoms with E-state index in [0.29, 0.717) is 68.4 Å². The summed E-state index contributed by atoms with van der Waals surface area (Å²) in [4.78, 5) is 39.0. The number of benzene rings is 5. The van der Waals surface area contributed by atoms with Crippen LogP contribution in [0.25, 0.3) is 43.7 Å². The van der Waals surface area contributed by atoms with E-state index in [4.69, 9.17) is 63.9 Å². The number of fused-ring (bicyclic) bond motifs is 5. The van der Waals surface area contributed by atoms with Gasteiger partial charge in [-0.3, -0.25) is 28.9 Å². The van der Waals surface area contributed by atoms with Crippen LogP contribution < -0.4 is 51.3 Å². The first kappa shape index (κ1) is 63.3. The molecule has 0 fully saturated rings. The molecule has 4 heterocycles. The summed E-state index contributed by atoms with van der Waals surface area (Å²) >= 11 is 12.5. The molecule has 9 rings (SSSR count). The van der Waals surface area contributed by atoms with Crippen molar-refractivity contribution in [2.24, 2.45) is 23.1 Å². The highest BCUT2D eigenvalue weighted by Crippen LogP contribution is 2.39. The number of carbonyl (C=O) groups is 1. The van der Waals surface area contributed by atoms with Crippen molar-refractivity contribution in [1.29, 1.82) is 0 Å². The topological polar surface area (TPSA) is 295 Å². The number of nitrogen functional groups attached to an aromatic ring is 1. The van der Waals surface area contributed by atoms with Gasteiger partial charge < -0.3 is 35.3 Å². The van der Waals surface area contributed by atoms with Crippen LogP contribution in [0.4, 0.5) is 11.4 Å². The molecule has 0 aliphatic carbocycles. The summed E-state index contributed by atoms with van der Waals surface area (Å²) in [5.41, 5.74) is 19.6. The number of amides is 1. The second-order valence-electron chi connectivity index (χ2n) is 17.0. The number of carbonyl (C=O) groups excluding carboxylic acids is 1. The SMILES string of the molecule is C.COc1cc2ncc(N(C)C(C)=O)c(Cl)c2cc1OC.COc1cc2ncc(N)c(Cl)c2cc1OC.Cc1cc2ncc3c(c2cc1C)n(Cc1ccc(S(N)(=O)=O)cc1)c(=O)n3C.Cl.NCc1ccc(S(N)(=O)=O)cc1. The number of primary sulfonamides is 2. The van der Waals surface area contributed by atoms with E-state index in [9.17, 15) is 26.4 Å². The number of halogens is 3.